The molecule has 94 valence electrons. The molecule has 0 saturated carbocycles. The van der Waals surface area contributed by atoms with Crippen LogP contribution in [0.1, 0.15) is 21.6 Å². The Balaban J connectivity index is 2.23. The second-order valence-electron chi connectivity index (χ2n) is 3.88. The van der Waals surface area contributed by atoms with Gasteiger partial charge in [-0.1, -0.05) is 0 Å². The topological polar surface area (TPSA) is 83.2 Å². The van der Waals surface area contributed by atoms with Crippen LogP contribution in [0.5, 0.6) is 11.5 Å². The molecule has 2 aromatic rings. The van der Waals surface area contributed by atoms with Crippen LogP contribution in [0.3, 0.4) is 0 Å². The first-order chi connectivity index (χ1) is 9.10. The summed E-state index contributed by atoms with van der Waals surface area (Å²) in [6.45, 7) is 1.76. The zero-order chi connectivity index (χ0) is 13.8. The molecule has 1 aromatic heterocycles. The number of rotatable bonds is 3. The summed E-state index contributed by atoms with van der Waals surface area (Å²) in [6, 6.07) is 9.71. The number of carboxylic acid groups (broad SMARTS) is 1. The molecular weight excluding hydrogens is 244 g/mol. The van der Waals surface area contributed by atoms with Crippen LogP contribution in [0.4, 0.5) is 0 Å². The van der Waals surface area contributed by atoms with Gasteiger partial charge in [-0.2, -0.15) is 5.26 Å². The van der Waals surface area contributed by atoms with Crippen LogP contribution >= 0.6 is 0 Å². The molecule has 1 heterocycles. The molecule has 1 aromatic carbocycles. The number of carboxylic acids is 1. The van der Waals surface area contributed by atoms with Crippen molar-refractivity contribution in [3.05, 3.63) is 53.3 Å². The Bertz CT molecular complexity index is 657. The number of hydrogen-bond acceptors (Lipinski definition) is 4. The minimum absolute atomic E-state index is 0.211. The van der Waals surface area contributed by atoms with E-state index in [2.05, 4.69) is 4.98 Å². The monoisotopic (exact) mass is 254 g/mol. The van der Waals surface area contributed by atoms with Gasteiger partial charge in [-0.3, -0.25) is 0 Å². The van der Waals surface area contributed by atoms with Crippen molar-refractivity contribution in [2.24, 2.45) is 0 Å². The van der Waals surface area contributed by atoms with Gasteiger partial charge in [-0.15, -0.1) is 0 Å². The Morgan fingerprint density at radius 2 is 2.16 bits per heavy atom. The molecule has 0 aliphatic rings. The first-order valence-electron chi connectivity index (χ1n) is 5.48. The van der Waals surface area contributed by atoms with E-state index in [1.165, 1.54) is 18.3 Å². The second kappa shape index (κ2) is 5.19. The average Bonchev–Trinajstić information content (AvgIpc) is 2.41. The van der Waals surface area contributed by atoms with E-state index < -0.39 is 5.97 Å². The Kier molecular flexibility index (Phi) is 3.44. The van der Waals surface area contributed by atoms with Gasteiger partial charge in [0.2, 0.25) is 0 Å². The van der Waals surface area contributed by atoms with Gasteiger partial charge in [0.1, 0.15) is 23.3 Å². The Labute approximate surface area is 109 Å². The highest BCUT2D eigenvalue weighted by molar-refractivity contribution is 5.88. The van der Waals surface area contributed by atoms with Crippen LogP contribution in [0, 0.1) is 18.3 Å². The average molecular weight is 254 g/mol. The van der Waals surface area contributed by atoms with Crippen LogP contribution in [-0.4, -0.2) is 16.1 Å². The quantitative estimate of drug-likeness (QED) is 0.910. The van der Waals surface area contributed by atoms with Gasteiger partial charge < -0.3 is 9.84 Å². The summed E-state index contributed by atoms with van der Waals surface area (Å²) in [4.78, 5) is 14.7. The predicted octanol–water partition coefficient (Wildman–Crippen LogP) is 2.75. The lowest BCUT2D eigenvalue weighted by molar-refractivity contribution is 0.0697. The van der Waals surface area contributed by atoms with Gasteiger partial charge in [0.25, 0.3) is 0 Å². The van der Waals surface area contributed by atoms with Crippen LogP contribution in [0.25, 0.3) is 0 Å². The first-order valence-corrected chi connectivity index (χ1v) is 5.48. The Morgan fingerprint density at radius 1 is 1.37 bits per heavy atom. The smallest absolute Gasteiger partial charge is 0.335 e. The number of nitriles is 1. The lowest BCUT2D eigenvalue weighted by Crippen LogP contribution is -1.97. The molecule has 0 saturated heterocycles. The van der Waals surface area contributed by atoms with Crippen LogP contribution < -0.4 is 4.74 Å². The number of ether oxygens (including phenoxy) is 1. The first kappa shape index (κ1) is 12.6. The van der Waals surface area contributed by atoms with Crippen LogP contribution in [0.15, 0.2) is 36.5 Å². The number of aromatic nitrogens is 1. The van der Waals surface area contributed by atoms with Crippen molar-refractivity contribution in [2.45, 2.75) is 6.92 Å². The van der Waals surface area contributed by atoms with Crippen molar-refractivity contribution in [2.75, 3.05) is 0 Å². The highest BCUT2D eigenvalue weighted by atomic mass is 16.5. The molecule has 0 aliphatic heterocycles. The van der Waals surface area contributed by atoms with E-state index in [0.29, 0.717) is 22.8 Å². The van der Waals surface area contributed by atoms with Crippen LogP contribution in [0.2, 0.25) is 0 Å². The van der Waals surface area contributed by atoms with E-state index in [1.807, 2.05) is 6.07 Å². The SMILES string of the molecule is Cc1cc(C(=O)O)ccc1Oc1ccc(C#N)nc1. The highest BCUT2D eigenvalue weighted by Crippen LogP contribution is 2.25. The van der Waals surface area contributed by atoms with E-state index in [9.17, 15) is 4.79 Å². The van der Waals surface area contributed by atoms with E-state index in [-0.39, 0.29) is 5.56 Å². The molecule has 0 radical (unpaired) electrons. The van der Waals surface area contributed by atoms with Gasteiger partial charge in [0, 0.05) is 0 Å². The van der Waals surface area contributed by atoms with Crippen molar-refractivity contribution in [1.82, 2.24) is 4.98 Å². The number of aryl methyl sites for hydroxylation is 1. The number of pyridine rings is 1. The van der Waals surface area contributed by atoms with Crippen molar-refractivity contribution >= 4 is 5.97 Å². The third-order valence-corrected chi connectivity index (χ3v) is 2.50. The third-order valence-electron chi connectivity index (χ3n) is 2.50. The summed E-state index contributed by atoms with van der Waals surface area (Å²) in [6.07, 6.45) is 1.45. The van der Waals surface area contributed by atoms with Gasteiger partial charge in [0.15, 0.2) is 0 Å². The van der Waals surface area contributed by atoms with Crippen molar-refractivity contribution in [1.29, 1.82) is 5.26 Å². The fraction of sp³-hybridized carbons (Fsp3) is 0.0714. The number of benzene rings is 1. The Hall–Kier alpha value is -2.87. The maximum absolute atomic E-state index is 10.8. The minimum Gasteiger partial charge on any atom is -0.478 e. The number of aromatic carboxylic acids is 1. The molecule has 2 rings (SSSR count). The number of nitrogens with zero attached hydrogens (tertiary/aromatic N) is 2. The maximum atomic E-state index is 10.8. The number of carbonyl (C=O) groups is 1. The zero-order valence-corrected chi connectivity index (χ0v) is 10.1. The van der Waals surface area contributed by atoms with Crippen molar-refractivity contribution in [3.63, 3.8) is 0 Å². The fourth-order valence-electron chi connectivity index (χ4n) is 1.53. The van der Waals surface area contributed by atoms with E-state index in [0.717, 1.165) is 0 Å². The van der Waals surface area contributed by atoms with Gasteiger partial charge >= 0.3 is 5.97 Å². The lowest BCUT2D eigenvalue weighted by Gasteiger charge is -2.08. The van der Waals surface area contributed by atoms with Gasteiger partial charge in [-0.25, -0.2) is 9.78 Å². The fourth-order valence-corrected chi connectivity index (χ4v) is 1.53. The van der Waals surface area contributed by atoms with Crippen molar-refractivity contribution < 1.29 is 14.6 Å². The summed E-state index contributed by atoms with van der Waals surface area (Å²) in [5.41, 5.74) is 1.23. The summed E-state index contributed by atoms with van der Waals surface area (Å²) in [7, 11) is 0. The molecule has 0 amide bonds. The largest absolute Gasteiger partial charge is 0.478 e. The standard InChI is InChI=1S/C14H10N2O3/c1-9-6-10(14(17)18)2-5-13(9)19-12-4-3-11(7-15)16-8-12/h2-6,8H,1H3,(H,17,18). The Morgan fingerprint density at radius 3 is 2.68 bits per heavy atom. The van der Waals surface area contributed by atoms with E-state index in [4.69, 9.17) is 15.1 Å². The molecular formula is C14H10N2O3. The molecule has 0 bridgehead atoms. The van der Waals surface area contributed by atoms with E-state index in [1.54, 1.807) is 25.1 Å². The van der Waals surface area contributed by atoms with Gasteiger partial charge in [-0.05, 0) is 42.8 Å². The second-order valence-corrected chi connectivity index (χ2v) is 3.88. The lowest BCUT2D eigenvalue weighted by atomic mass is 10.1. The normalized spacial score (nSPS) is 9.68. The molecule has 5 nitrogen and oxygen atoms in total. The van der Waals surface area contributed by atoms with Gasteiger partial charge in [0.05, 0.1) is 11.8 Å². The maximum Gasteiger partial charge on any atom is 0.335 e. The molecule has 0 unspecified atom stereocenters. The molecule has 19 heavy (non-hydrogen) atoms. The van der Waals surface area contributed by atoms with Crippen LogP contribution in [-0.2, 0) is 0 Å². The zero-order valence-electron chi connectivity index (χ0n) is 10.1. The number of hydrogen-bond donors (Lipinski definition) is 1. The minimum atomic E-state index is -0.977. The third kappa shape index (κ3) is 2.87. The predicted molar refractivity (Wildman–Crippen MR) is 67.2 cm³/mol. The molecule has 0 spiro atoms. The molecule has 5 heteroatoms. The highest BCUT2D eigenvalue weighted by Gasteiger charge is 2.07. The molecule has 0 aliphatic carbocycles. The molecule has 0 fully saturated rings. The molecule has 0 atom stereocenters. The van der Waals surface area contributed by atoms with Crippen molar-refractivity contribution in [3.8, 4) is 17.6 Å². The summed E-state index contributed by atoms with van der Waals surface area (Å²) >= 11 is 0. The van der Waals surface area contributed by atoms with E-state index >= 15 is 0 Å². The summed E-state index contributed by atoms with van der Waals surface area (Å²) < 4.78 is 5.58. The summed E-state index contributed by atoms with van der Waals surface area (Å²) in [5.74, 6) is 0.0661. The summed E-state index contributed by atoms with van der Waals surface area (Å²) in [5, 5.41) is 17.5. The molecule has 1 N–H and O–H groups in total.